The van der Waals surface area contributed by atoms with Crippen molar-refractivity contribution in [1.29, 1.82) is 0 Å². The van der Waals surface area contributed by atoms with Gasteiger partial charge in [0, 0.05) is 24.1 Å². The summed E-state index contributed by atoms with van der Waals surface area (Å²) in [5.41, 5.74) is 6.87. The van der Waals surface area contributed by atoms with Crippen LogP contribution in [0.5, 0.6) is 0 Å². The lowest BCUT2D eigenvalue weighted by Crippen LogP contribution is -2.28. The Balaban J connectivity index is 0.00000196. The van der Waals surface area contributed by atoms with Crippen molar-refractivity contribution < 1.29 is 0 Å². The molecule has 0 aliphatic rings. The van der Waals surface area contributed by atoms with E-state index < -0.39 is 0 Å². The van der Waals surface area contributed by atoms with Crippen molar-refractivity contribution >= 4 is 28.3 Å². The van der Waals surface area contributed by atoms with Crippen LogP contribution in [0.25, 0.3) is 0 Å². The average molecular weight is 294 g/mol. The van der Waals surface area contributed by atoms with Crippen LogP contribution in [0.2, 0.25) is 0 Å². The quantitative estimate of drug-likeness (QED) is 0.904. The van der Waals surface area contributed by atoms with Gasteiger partial charge in [-0.15, -0.1) is 12.4 Å². The van der Waals surface area contributed by atoms with Gasteiger partial charge in [0.05, 0.1) is 0 Å². The van der Waals surface area contributed by atoms with Gasteiger partial charge in [-0.05, 0) is 24.2 Å². The first-order valence-electron chi connectivity index (χ1n) is 4.93. The van der Waals surface area contributed by atoms with Crippen molar-refractivity contribution in [3.8, 4) is 0 Å². The maximum Gasteiger partial charge on any atom is 0.0234 e. The summed E-state index contributed by atoms with van der Waals surface area (Å²) >= 11 is 3.47. The number of halogens is 2. The normalized spacial score (nSPS) is 10.1. The lowest BCUT2D eigenvalue weighted by molar-refractivity contribution is 0.288. The minimum atomic E-state index is 0. The molecule has 1 aromatic carbocycles. The standard InChI is InChI=1S/C11H17BrN2.ClH/c1-2-14(7-6-13)9-10-4-3-5-11(12)8-10;/h3-5,8H,2,6-7,9,13H2,1H3;1H. The van der Waals surface area contributed by atoms with Crippen molar-refractivity contribution in [3.05, 3.63) is 34.3 Å². The number of hydrogen-bond donors (Lipinski definition) is 1. The van der Waals surface area contributed by atoms with Crippen LogP contribution < -0.4 is 5.73 Å². The molecule has 0 aliphatic carbocycles. The molecule has 0 atom stereocenters. The lowest BCUT2D eigenvalue weighted by atomic mass is 10.2. The first-order chi connectivity index (χ1) is 6.76. The van der Waals surface area contributed by atoms with Gasteiger partial charge in [-0.1, -0.05) is 35.0 Å². The molecule has 0 heterocycles. The smallest absolute Gasteiger partial charge is 0.0234 e. The molecule has 86 valence electrons. The van der Waals surface area contributed by atoms with Crippen LogP contribution in [0.1, 0.15) is 12.5 Å². The molecule has 0 amide bonds. The van der Waals surface area contributed by atoms with Crippen LogP contribution in [0.3, 0.4) is 0 Å². The van der Waals surface area contributed by atoms with Crippen LogP contribution >= 0.6 is 28.3 Å². The lowest BCUT2D eigenvalue weighted by Gasteiger charge is -2.19. The molecular weight excluding hydrogens is 275 g/mol. The van der Waals surface area contributed by atoms with E-state index >= 15 is 0 Å². The molecule has 0 aliphatic heterocycles. The van der Waals surface area contributed by atoms with Crippen molar-refractivity contribution in [1.82, 2.24) is 4.90 Å². The van der Waals surface area contributed by atoms with Gasteiger partial charge in [0.15, 0.2) is 0 Å². The Morgan fingerprint density at radius 2 is 2.13 bits per heavy atom. The second-order valence-electron chi connectivity index (χ2n) is 3.29. The van der Waals surface area contributed by atoms with E-state index in [2.05, 4.69) is 46.0 Å². The molecular formula is C11H18BrClN2. The SMILES string of the molecule is CCN(CCN)Cc1cccc(Br)c1.Cl. The molecule has 15 heavy (non-hydrogen) atoms. The summed E-state index contributed by atoms with van der Waals surface area (Å²) in [5.74, 6) is 0. The summed E-state index contributed by atoms with van der Waals surface area (Å²) in [5, 5.41) is 0. The zero-order valence-electron chi connectivity index (χ0n) is 8.95. The van der Waals surface area contributed by atoms with E-state index in [1.807, 2.05) is 6.07 Å². The third-order valence-electron chi connectivity index (χ3n) is 2.19. The molecule has 2 N–H and O–H groups in total. The summed E-state index contributed by atoms with van der Waals surface area (Å²) in [6.45, 7) is 5.87. The molecule has 2 nitrogen and oxygen atoms in total. The Kier molecular flexibility index (Phi) is 8.06. The highest BCUT2D eigenvalue weighted by atomic mass is 79.9. The van der Waals surface area contributed by atoms with E-state index in [0.29, 0.717) is 0 Å². The minimum absolute atomic E-state index is 0. The predicted octanol–water partition coefficient (Wildman–Crippen LogP) is 2.65. The Morgan fingerprint density at radius 1 is 1.40 bits per heavy atom. The predicted molar refractivity (Wildman–Crippen MR) is 71.4 cm³/mol. The van der Waals surface area contributed by atoms with Crippen LogP contribution in [-0.2, 0) is 6.54 Å². The monoisotopic (exact) mass is 292 g/mol. The van der Waals surface area contributed by atoms with E-state index in [4.69, 9.17) is 5.73 Å². The van der Waals surface area contributed by atoms with Crippen molar-refractivity contribution in [2.45, 2.75) is 13.5 Å². The van der Waals surface area contributed by atoms with Gasteiger partial charge in [-0.3, -0.25) is 4.90 Å². The van der Waals surface area contributed by atoms with Gasteiger partial charge in [-0.2, -0.15) is 0 Å². The second-order valence-corrected chi connectivity index (χ2v) is 4.20. The van der Waals surface area contributed by atoms with E-state index in [-0.39, 0.29) is 12.4 Å². The fourth-order valence-electron chi connectivity index (χ4n) is 1.43. The molecule has 0 radical (unpaired) electrons. The highest BCUT2D eigenvalue weighted by Gasteiger charge is 2.02. The van der Waals surface area contributed by atoms with E-state index in [1.54, 1.807) is 0 Å². The second kappa shape index (κ2) is 8.11. The number of hydrogen-bond acceptors (Lipinski definition) is 2. The van der Waals surface area contributed by atoms with Gasteiger partial charge in [0.25, 0.3) is 0 Å². The van der Waals surface area contributed by atoms with Crippen LogP contribution in [-0.4, -0.2) is 24.5 Å². The van der Waals surface area contributed by atoms with Crippen molar-refractivity contribution in [3.63, 3.8) is 0 Å². The molecule has 0 bridgehead atoms. The number of likely N-dealkylation sites (N-methyl/N-ethyl adjacent to an activating group) is 1. The number of rotatable bonds is 5. The number of nitrogens with two attached hydrogens (primary N) is 1. The van der Waals surface area contributed by atoms with E-state index in [0.717, 1.165) is 30.7 Å². The minimum Gasteiger partial charge on any atom is -0.329 e. The largest absolute Gasteiger partial charge is 0.329 e. The van der Waals surface area contributed by atoms with Crippen molar-refractivity contribution in [2.24, 2.45) is 5.73 Å². The van der Waals surface area contributed by atoms with E-state index in [1.165, 1.54) is 5.56 Å². The highest BCUT2D eigenvalue weighted by molar-refractivity contribution is 9.10. The fraction of sp³-hybridized carbons (Fsp3) is 0.455. The third kappa shape index (κ3) is 5.52. The maximum absolute atomic E-state index is 5.54. The number of nitrogens with zero attached hydrogens (tertiary/aromatic N) is 1. The number of benzene rings is 1. The fourth-order valence-corrected chi connectivity index (χ4v) is 1.87. The Labute approximate surface area is 106 Å². The van der Waals surface area contributed by atoms with Gasteiger partial charge < -0.3 is 5.73 Å². The first kappa shape index (κ1) is 14.9. The Morgan fingerprint density at radius 3 is 2.67 bits per heavy atom. The van der Waals surface area contributed by atoms with E-state index in [9.17, 15) is 0 Å². The van der Waals surface area contributed by atoms with Gasteiger partial charge >= 0.3 is 0 Å². The van der Waals surface area contributed by atoms with Gasteiger partial charge in [0.1, 0.15) is 0 Å². The molecule has 0 saturated heterocycles. The van der Waals surface area contributed by atoms with Gasteiger partial charge in [-0.25, -0.2) is 0 Å². The summed E-state index contributed by atoms with van der Waals surface area (Å²) in [6.07, 6.45) is 0. The topological polar surface area (TPSA) is 29.3 Å². The van der Waals surface area contributed by atoms with Gasteiger partial charge in [0.2, 0.25) is 0 Å². The highest BCUT2D eigenvalue weighted by Crippen LogP contribution is 2.13. The summed E-state index contributed by atoms with van der Waals surface area (Å²) in [4.78, 5) is 2.34. The molecule has 1 rings (SSSR count). The summed E-state index contributed by atoms with van der Waals surface area (Å²) < 4.78 is 1.14. The average Bonchev–Trinajstić information content (AvgIpc) is 2.17. The Bertz CT molecular complexity index is 281. The molecule has 0 unspecified atom stereocenters. The molecule has 0 aromatic heterocycles. The van der Waals surface area contributed by atoms with Crippen LogP contribution in [0.4, 0.5) is 0 Å². The third-order valence-corrected chi connectivity index (χ3v) is 2.68. The molecule has 0 saturated carbocycles. The maximum atomic E-state index is 5.54. The molecule has 0 spiro atoms. The van der Waals surface area contributed by atoms with Crippen LogP contribution in [0, 0.1) is 0 Å². The summed E-state index contributed by atoms with van der Waals surface area (Å²) in [7, 11) is 0. The van der Waals surface area contributed by atoms with Crippen molar-refractivity contribution in [2.75, 3.05) is 19.6 Å². The summed E-state index contributed by atoms with van der Waals surface area (Å²) in [6, 6.07) is 8.40. The molecule has 1 aromatic rings. The molecule has 0 fully saturated rings. The first-order valence-corrected chi connectivity index (χ1v) is 5.72. The van der Waals surface area contributed by atoms with Crippen LogP contribution in [0.15, 0.2) is 28.7 Å². The zero-order valence-corrected chi connectivity index (χ0v) is 11.4. The Hall–Kier alpha value is -0.0900. The zero-order chi connectivity index (χ0) is 10.4. The molecule has 4 heteroatoms.